The van der Waals surface area contributed by atoms with Gasteiger partial charge in [0.25, 0.3) is 10.0 Å². The molecule has 3 aromatic rings. The molecule has 0 aliphatic carbocycles. The van der Waals surface area contributed by atoms with Crippen molar-refractivity contribution >= 4 is 27.5 Å². The summed E-state index contributed by atoms with van der Waals surface area (Å²) in [5.41, 5.74) is 0.851. The van der Waals surface area contributed by atoms with Crippen LogP contribution < -0.4 is 28.6 Å². The Kier molecular flexibility index (Phi) is 11.9. The van der Waals surface area contributed by atoms with Crippen LogP contribution in [0.15, 0.2) is 71.6 Å². The van der Waals surface area contributed by atoms with Crippen LogP contribution >= 0.6 is 0 Å². The molecule has 0 aromatic heterocycles. The first-order chi connectivity index (χ1) is 21.0. The number of methoxy groups -OCH3 is 4. The molecule has 3 rings (SSSR count). The van der Waals surface area contributed by atoms with Gasteiger partial charge in [-0.05, 0) is 42.7 Å². The van der Waals surface area contributed by atoms with Crippen LogP contribution in [-0.2, 0) is 26.2 Å². The predicted molar refractivity (Wildman–Crippen MR) is 168 cm³/mol. The normalized spacial score (nSPS) is 11.8. The summed E-state index contributed by atoms with van der Waals surface area (Å²) in [5.74, 6) is 0.323. The summed E-state index contributed by atoms with van der Waals surface area (Å²) in [6.45, 7) is 5.42. The molecule has 2 amide bonds. The molecule has 238 valence electrons. The lowest BCUT2D eigenvalue weighted by Gasteiger charge is -2.32. The summed E-state index contributed by atoms with van der Waals surface area (Å²) in [6.07, 6.45) is 0. The van der Waals surface area contributed by atoms with E-state index in [2.05, 4.69) is 5.32 Å². The van der Waals surface area contributed by atoms with Crippen molar-refractivity contribution in [1.29, 1.82) is 0 Å². The standard InChI is InChI=1S/C32H41N3O8S/c1-22(2)19-33-32(37)23(3)34(20-24-11-9-8-10-12-24)31(36)21-35(27-17-25(40-4)13-15-28(27)41-5)44(38,39)26-14-16-29(42-6)30(18-26)43-7/h8-18,22-23H,19-21H2,1-7H3,(H,33,37). The van der Waals surface area contributed by atoms with Crippen molar-refractivity contribution in [1.82, 2.24) is 10.2 Å². The number of hydrogen-bond donors (Lipinski definition) is 1. The van der Waals surface area contributed by atoms with E-state index in [1.54, 1.807) is 19.1 Å². The van der Waals surface area contributed by atoms with E-state index in [9.17, 15) is 18.0 Å². The lowest BCUT2D eigenvalue weighted by Crippen LogP contribution is -2.51. The Morgan fingerprint density at radius 2 is 1.43 bits per heavy atom. The predicted octanol–water partition coefficient (Wildman–Crippen LogP) is 4.11. The highest BCUT2D eigenvalue weighted by molar-refractivity contribution is 7.92. The Labute approximate surface area is 259 Å². The van der Waals surface area contributed by atoms with Gasteiger partial charge in [0.1, 0.15) is 24.1 Å². The van der Waals surface area contributed by atoms with Gasteiger partial charge in [-0.2, -0.15) is 0 Å². The number of ether oxygens (including phenoxy) is 4. The van der Waals surface area contributed by atoms with Gasteiger partial charge in [-0.25, -0.2) is 8.42 Å². The fourth-order valence-electron chi connectivity index (χ4n) is 4.42. The Hall–Kier alpha value is -4.45. The number of anilines is 1. The Bertz CT molecular complexity index is 1530. The molecule has 44 heavy (non-hydrogen) atoms. The highest BCUT2D eigenvalue weighted by Gasteiger charge is 2.34. The van der Waals surface area contributed by atoms with Crippen LogP contribution in [0.5, 0.6) is 23.0 Å². The molecule has 0 radical (unpaired) electrons. The molecule has 3 aromatic carbocycles. The molecule has 0 aliphatic rings. The van der Waals surface area contributed by atoms with Gasteiger partial charge >= 0.3 is 0 Å². The molecule has 0 spiro atoms. The first-order valence-electron chi connectivity index (χ1n) is 14.0. The maximum atomic E-state index is 14.3. The molecule has 0 aliphatic heterocycles. The van der Waals surface area contributed by atoms with Crippen LogP contribution in [0.25, 0.3) is 0 Å². The molecular weight excluding hydrogens is 586 g/mol. The van der Waals surface area contributed by atoms with E-state index in [4.69, 9.17) is 18.9 Å². The summed E-state index contributed by atoms with van der Waals surface area (Å²) >= 11 is 0. The molecule has 1 atom stereocenters. The zero-order valence-electron chi connectivity index (χ0n) is 26.2. The van der Waals surface area contributed by atoms with E-state index in [0.717, 1.165) is 9.87 Å². The third-order valence-corrected chi connectivity index (χ3v) is 8.68. The average molecular weight is 628 g/mol. The highest BCUT2D eigenvalue weighted by atomic mass is 32.2. The zero-order chi connectivity index (χ0) is 32.4. The second-order valence-corrected chi connectivity index (χ2v) is 12.3. The van der Waals surface area contributed by atoms with Crippen molar-refractivity contribution in [3.63, 3.8) is 0 Å². The summed E-state index contributed by atoms with van der Waals surface area (Å²) in [4.78, 5) is 28.6. The number of carbonyl (C=O) groups excluding carboxylic acids is 2. The van der Waals surface area contributed by atoms with E-state index in [-0.39, 0.29) is 40.5 Å². The first-order valence-corrected chi connectivity index (χ1v) is 15.5. The highest BCUT2D eigenvalue weighted by Crippen LogP contribution is 2.37. The molecule has 12 heteroatoms. The number of sulfonamides is 1. The van der Waals surface area contributed by atoms with E-state index >= 15 is 0 Å². The summed E-state index contributed by atoms with van der Waals surface area (Å²) in [6, 6.07) is 17.1. The lowest BCUT2D eigenvalue weighted by atomic mass is 10.1. The fraction of sp³-hybridized carbons (Fsp3) is 0.375. The number of hydrogen-bond acceptors (Lipinski definition) is 8. The summed E-state index contributed by atoms with van der Waals surface area (Å²) in [5, 5.41) is 2.87. The van der Waals surface area contributed by atoms with Crippen molar-refractivity contribution < 1.29 is 37.0 Å². The van der Waals surface area contributed by atoms with Crippen LogP contribution in [0.1, 0.15) is 26.3 Å². The van der Waals surface area contributed by atoms with Crippen molar-refractivity contribution in [3.05, 3.63) is 72.3 Å². The molecule has 1 N–H and O–H groups in total. The molecular formula is C32H41N3O8S. The lowest BCUT2D eigenvalue weighted by molar-refractivity contribution is -0.139. The first kappa shape index (κ1) is 34.0. The third kappa shape index (κ3) is 8.13. The smallest absolute Gasteiger partial charge is 0.265 e. The second kappa shape index (κ2) is 15.3. The van der Waals surface area contributed by atoms with E-state index < -0.39 is 28.5 Å². The average Bonchev–Trinajstić information content (AvgIpc) is 3.04. The minimum Gasteiger partial charge on any atom is -0.497 e. The van der Waals surface area contributed by atoms with Gasteiger partial charge in [0.05, 0.1) is 39.0 Å². The Morgan fingerprint density at radius 1 is 0.795 bits per heavy atom. The van der Waals surface area contributed by atoms with Crippen LogP contribution in [0.2, 0.25) is 0 Å². The van der Waals surface area contributed by atoms with Crippen molar-refractivity contribution in [2.75, 3.05) is 45.8 Å². The number of benzene rings is 3. The largest absolute Gasteiger partial charge is 0.497 e. The Balaban J connectivity index is 2.14. The van der Waals surface area contributed by atoms with Gasteiger partial charge in [0.2, 0.25) is 11.8 Å². The fourth-order valence-corrected chi connectivity index (χ4v) is 5.86. The number of amides is 2. The van der Waals surface area contributed by atoms with Crippen LogP contribution in [0.3, 0.4) is 0 Å². The minimum absolute atomic E-state index is 0.0755. The van der Waals surface area contributed by atoms with Gasteiger partial charge in [-0.1, -0.05) is 44.2 Å². The van der Waals surface area contributed by atoms with Gasteiger partial charge < -0.3 is 29.2 Å². The van der Waals surface area contributed by atoms with Crippen LogP contribution in [0, 0.1) is 5.92 Å². The van der Waals surface area contributed by atoms with Crippen LogP contribution in [0.4, 0.5) is 5.69 Å². The molecule has 0 fully saturated rings. The maximum absolute atomic E-state index is 14.3. The molecule has 0 saturated heterocycles. The Morgan fingerprint density at radius 3 is 2.02 bits per heavy atom. The summed E-state index contributed by atoms with van der Waals surface area (Å²) < 4.78 is 51.2. The number of carbonyl (C=O) groups is 2. The number of rotatable bonds is 15. The number of nitrogens with one attached hydrogen (secondary N) is 1. The second-order valence-electron chi connectivity index (χ2n) is 10.4. The van der Waals surface area contributed by atoms with Gasteiger partial charge in [0.15, 0.2) is 11.5 Å². The molecule has 0 heterocycles. The molecule has 11 nitrogen and oxygen atoms in total. The quantitative estimate of drug-likeness (QED) is 0.267. The maximum Gasteiger partial charge on any atom is 0.265 e. The number of nitrogens with zero attached hydrogens (tertiary/aromatic N) is 2. The van der Waals surface area contributed by atoms with Gasteiger partial charge in [-0.3, -0.25) is 13.9 Å². The molecule has 0 bridgehead atoms. The third-order valence-electron chi connectivity index (χ3n) is 6.92. The van der Waals surface area contributed by atoms with Crippen molar-refractivity contribution in [2.24, 2.45) is 5.92 Å². The molecule has 1 unspecified atom stereocenters. The van der Waals surface area contributed by atoms with Gasteiger partial charge in [-0.15, -0.1) is 0 Å². The van der Waals surface area contributed by atoms with Gasteiger partial charge in [0, 0.05) is 25.2 Å². The minimum atomic E-state index is -4.42. The topological polar surface area (TPSA) is 124 Å². The molecule has 0 saturated carbocycles. The van der Waals surface area contributed by atoms with Crippen LogP contribution in [-0.4, -0.2) is 72.7 Å². The van der Waals surface area contributed by atoms with Crippen molar-refractivity contribution in [2.45, 2.75) is 38.3 Å². The monoisotopic (exact) mass is 627 g/mol. The van der Waals surface area contributed by atoms with E-state index in [1.807, 2.05) is 44.2 Å². The zero-order valence-corrected chi connectivity index (χ0v) is 27.0. The van der Waals surface area contributed by atoms with E-state index in [1.165, 1.54) is 57.6 Å². The summed E-state index contributed by atoms with van der Waals surface area (Å²) in [7, 11) is 1.26. The SMILES string of the molecule is COc1ccc(OC)c(N(CC(=O)N(Cc2ccccc2)C(C)C(=O)NCC(C)C)S(=O)(=O)c2ccc(OC)c(OC)c2)c1. The van der Waals surface area contributed by atoms with E-state index in [0.29, 0.717) is 18.0 Å². The van der Waals surface area contributed by atoms with Crippen molar-refractivity contribution in [3.8, 4) is 23.0 Å².